The summed E-state index contributed by atoms with van der Waals surface area (Å²) in [7, 11) is 0. The predicted octanol–water partition coefficient (Wildman–Crippen LogP) is 3.13. The van der Waals surface area contributed by atoms with Gasteiger partial charge in [-0.2, -0.15) is 0 Å². The van der Waals surface area contributed by atoms with Gasteiger partial charge in [0.1, 0.15) is 0 Å². The van der Waals surface area contributed by atoms with Crippen LogP contribution >= 0.6 is 23.1 Å². The van der Waals surface area contributed by atoms with Crippen LogP contribution in [0.4, 0.5) is 0 Å². The number of thioether (sulfide) groups is 1. The van der Waals surface area contributed by atoms with E-state index in [1.807, 2.05) is 12.1 Å². The zero-order valence-corrected chi connectivity index (χ0v) is 20.8. The third-order valence-electron chi connectivity index (χ3n) is 5.13. The number of hydrazine groups is 1. The molecule has 3 aromatic rings. The van der Waals surface area contributed by atoms with Crippen molar-refractivity contribution < 1.29 is 9.59 Å². The van der Waals surface area contributed by atoms with Gasteiger partial charge in [-0.05, 0) is 51.3 Å². The van der Waals surface area contributed by atoms with E-state index < -0.39 is 0 Å². The Kier molecular flexibility index (Phi) is 8.65. The number of para-hydroxylation sites is 1. The molecule has 2 heterocycles. The molecule has 0 aliphatic heterocycles. The summed E-state index contributed by atoms with van der Waals surface area (Å²) in [5, 5.41) is 2.82. The second-order valence-corrected chi connectivity index (χ2v) is 9.95. The molecule has 33 heavy (non-hydrogen) atoms. The van der Waals surface area contributed by atoms with Gasteiger partial charge in [0, 0.05) is 25.2 Å². The first-order valence-electron chi connectivity index (χ1n) is 10.8. The number of nitrogens with one attached hydrogen (secondary N) is 2. The molecule has 8 nitrogen and oxygen atoms in total. The predicted molar refractivity (Wildman–Crippen MR) is 134 cm³/mol. The Bertz CT molecular complexity index is 1150. The second kappa shape index (κ2) is 11.4. The molecule has 0 saturated carbocycles. The largest absolute Gasteiger partial charge is 0.297 e. The van der Waals surface area contributed by atoms with Crippen LogP contribution in [0, 0.1) is 0 Å². The van der Waals surface area contributed by atoms with E-state index in [2.05, 4.69) is 48.4 Å². The van der Waals surface area contributed by atoms with Gasteiger partial charge in [0.25, 0.3) is 11.5 Å². The lowest BCUT2D eigenvalue weighted by Crippen LogP contribution is -2.42. The van der Waals surface area contributed by atoms with E-state index in [1.165, 1.54) is 23.1 Å². The van der Waals surface area contributed by atoms with Crippen molar-refractivity contribution in [2.45, 2.75) is 51.5 Å². The maximum absolute atomic E-state index is 13.2. The Balaban J connectivity index is 1.74. The molecule has 0 unspecified atom stereocenters. The first-order chi connectivity index (χ1) is 15.8. The van der Waals surface area contributed by atoms with E-state index in [4.69, 9.17) is 0 Å². The first kappa shape index (κ1) is 24.9. The fraction of sp³-hybridized carbons (Fsp3) is 0.391. The smallest absolute Gasteiger partial charge is 0.279 e. The number of hydrogen-bond acceptors (Lipinski definition) is 7. The third kappa shape index (κ3) is 6.43. The van der Waals surface area contributed by atoms with E-state index >= 15 is 0 Å². The standard InChI is InChI=1S/C23H29N5O3S2/c1-15(2)27(16(3)4)11-12-28-22(31)17-8-5-6-9-18(17)24-23(28)33-14-20(29)25-26-21(30)19-10-7-13-32-19/h5-10,13,15-16H,11-12,14H2,1-4H3,(H,25,29)(H,26,30). The van der Waals surface area contributed by atoms with Gasteiger partial charge in [0.15, 0.2) is 5.16 Å². The highest BCUT2D eigenvalue weighted by Crippen LogP contribution is 2.18. The minimum Gasteiger partial charge on any atom is -0.297 e. The normalized spacial score (nSPS) is 11.5. The fourth-order valence-corrected chi connectivity index (χ4v) is 4.99. The maximum Gasteiger partial charge on any atom is 0.279 e. The third-order valence-corrected chi connectivity index (χ3v) is 6.97. The highest BCUT2D eigenvalue weighted by molar-refractivity contribution is 7.99. The van der Waals surface area contributed by atoms with Crippen molar-refractivity contribution in [3.63, 3.8) is 0 Å². The number of fused-ring (bicyclic) bond motifs is 1. The molecule has 0 fully saturated rings. The van der Waals surface area contributed by atoms with Gasteiger partial charge in [-0.1, -0.05) is 30.0 Å². The number of carbonyl (C=O) groups is 2. The molecule has 0 aliphatic carbocycles. The van der Waals surface area contributed by atoms with Gasteiger partial charge >= 0.3 is 0 Å². The molecule has 0 atom stereocenters. The van der Waals surface area contributed by atoms with Gasteiger partial charge in [0.05, 0.1) is 21.5 Å². The quantitative estimate of drug-likeness (QED) is 0.274. The molecule has 2 amide bonds. The number of thiophene rings is 1. The maximum atomic E-state index is 13.2. The molecule has 0 spiro atoms. The van der Waals surface area contributed by atoms with Gasteiger partial charge in [-0.3, -0.25) is 34.7 Å². The van der Waals surface area contributed by atoms with Gasteiger partial charge in [0.2, 0.25) is 5.91 Å². The highest BCUT2D eigenvalue weighted by atomic mass is 32.2. The Morgan fingerprint density at radius 3 is 2.48 bits per heavy atom. The second-order valence-electron chi connectivity index (χ2n) is 8.06. The molecule has 2 N–H and O–H groups in total. The number of nitrogens with zero attached hydrogens (tertiary/aromatic N) is 3. The number of benzene rings is 1. The van der Waals surface area contributed by atoms with Crippen molar-refractivity contribution in [3.05, 3.63) is 57.0 Å². The van der Waals surface area contributed by atoms with Gasteiger partial charge < -0.3 is 0 Å². The summed E-state index contributed by atoms with van der Waals surface area (Å²) in [4.78, 5) is 45.0. The molecule has 0 radical (unpaired) electrons. The number of carbonyl (C=O) groups excluding carboxylic acids is 2. The molecule has 0 aliphatic rings. The van der Waals surface area contributed by atoms with Crippen LogP contribution in [0.1, 0.15) is 37.4 Å². The molecular weight excluding hydrogens is 458 g/mol. The van der Waals surface area contributed by atoms with Crippen molar-refractivity contribution in [2.24, 2.45) is 0 Å². The van der Waals surface area contributed by atoms with Crippen molar-refractivity contribution in [3.8, 4) is 0 Å². The minimum atomic E-state index is -0.384. The van der Waals surface area contributed by atoms with E-state index in [1.54, 1.807) is 34.2 Å². The van der Waals surface area contributed by atoms with Crippen LogP contribution in [0.2, 0.25) is 0 Å². The summed E-state index contributed by atoms with van der Waals surface area (Å²) in [6, 6.07) is 11.3. The minimum absolute atomic E-state index is 0.00752. The number of hydrogen-bond donors (Lipinski definition) is 2. The monoisotopic (exact) mass is 487 g/mol. The van der Waals surface area contributed by atoms with Crippen molar-refractivity contribution >= 4 is 45.8 Å². The van der Waals surface area contributed by atoms with Crippen LogP contribution in [0.5, 0.6) is 0 Å². The molecule has 10 heteroatoms. The molecule has 0 saturated heterocycles. The number of aromatic nitrogens is 2. The van der Waals surface area contributed by atoms with Crippen LogP contribution in [0.15, 0.2) is 51.7 Å². The molecule has 1 aromatic carbocycles. The molecule has 2 aromatic heterocycles. The first-order valence-corrected chi connectivity index (χ1v) is 12.6. The zero-order valence-electron chi connectivity index (χ0n) is 19.2. The lowest BCUT2D eigenvalue weighted by atomic mass is 10.2. The van der Waals surface area contributed by atoms with Crippen molar-refractivity contribution in [2.75, 3.05) is 12.3 Å². The van der Waals surface area contributed by atoms with Gasteiger partial charge in [-0.25, -0.2) is 4.98 Å². The van der Waals surface area contributed by atoms with Crippen LogP contribution < -0.4 is 16.4 Å². The summed E-state index contributed by atoms with van der Waals surface area (Å²) in [5.41, 5.74) is 5.29. The van der Waals surface area contributed by atoms with Crippen LogP contribution in [0.3, 0.4) is 0 Å². The molecule has 0 bridgehead atoms. The Morgan fingerprint density at radius 1 is 1.09 bits per heavy atom. The van der Waals surface area contributed by atoms with Crippen molar-refractivity contribution in [1.82, 2.24) is 25.3 Å². The van der Waals surface area contributed by atoms with Crippen LogP contribution in [-0.4, -0.2) is 50.6 Å². The average Bonchev–Trinajstić information content (AvgIpc) is 3.32. The number of amides is 2. The summed E-state index contributed by atoms with van der Waals surface area (Å²) in [6.45, 7) is 9.67. The van der Waals surface area contributed by atoms with Crippen LogP contribution in [-0.2, 0) is 11.3 Å². The van der Waals surface area contributed by atoms with E-state index in [9.17, 15) is 14.4 Å². The lowest BCUT2D eigenvalue weighted by molar-refractivity contribution is -0.119. The van der Waals surface area contributed by atoms with Gasteiger partial charge in [-0.15, -0.1) is 11.3 Å². The Hall–Kier alpha value is -2.69. The van der Waals surface area contributed by atoms with E-state index in [0.717, 1.165) is 0 Å². The lowest BCUT2D eigenvalue weighted by Gasteiger charge is -2.30. The average molecular weight is 488 g/mol. The van der Waals surface area contributed by atoms with Crippen molar-refractivity contribution in [1.29, 1.82) is 0 Å². The summed E-state index contributed by atoms with van der Waals surface area (Å²) < 4.78 is 1.64. The summed E-state index contributed by atoms with van der Waals surface area (Å²) in [6.07, 6.45) is 0. The molecular formula is C23H29N5O3S2. The zero-order chi connectivity index (χ0) is 24.0. The SMILES string of the molecule is CC(C)N(CCn1c(SCC(=O)NNC(=O)c2cccs2)nc2ccccc2c1=O)C(C)C. The Labute approximate surface area is 201 Å². The summed E-state index contributed by atoms with van der Waals surface area (Å²) >= 11 is 2.46. The Morgan fingerprint density at radius 2 is 1.82 bits per heavy atom. The highest BCUT2D eigenvalue weighted by Gasteiger charge is 2.17. The molecule has 3 rings (SSSR count). The van der Waals surface area contributed by atoms with Crippen LogP contribution in [0.25, 0.3) is 10.9 Å². The van der Waals surface area contributed by atoms with E-state index in [0.29, 0.717) is 46.1 Å². The topological polar surface area (TPSA) is 96.3 Å². The molecule has 176 valence electrons. The fourth-order valence-electron chi connectivity index (χ4n) is 3.55. The summed E-state index contributed by atoms with van der Waals surface area (Å²) in [5.74, 6) is -0.746. The van der Waals surface area contributed by atoms with E-state index in [-0.39, 0.29) is 23.1 Å². The number of rotatable bonds is 9.